The Labute approximate surface area is 164 Å². The zero-order chi connectivity index (χ0) is 20.7. The fourth-order valence-electron chi connectivity index (χ4n) is 2.26. The maximum Gasteiger partial charge on any atom is 0.319 e. The fraction of sp³-hybridized carbons (Fsp3) is 0.286. The van der Waals surface area contributed by atoms with E-state index in [1.165, 1.54) is 0 Å². The van der Waals surface area contributed by atoms with Gasteiger partial charge in [-0.15, -0.1) is 0 Å². The van der Waals surface area contributed by atoms with Crippen molar-refractivity contribution in [2.24, 2.45) is 5.92 Å². The van der Waals surface area contributed by atoms with Gasteiger partial charge in [0.05, 0.1) is 0 Å². The van der Waals surface area contributed by atoms with Gasteiger partial charge in [-0.25, -0.2) is 4.79 Å². The Hall–Kier alpha value is -3.35. The summed E-state index contributed by atoms with van der Waals surface area (Å²) in [5.74, 6) is -0.432. The minimum atomic E-state index is -0.295. The highest BCUT2D eigenvalue weighted by molar-refractivity contribution is 6.04. The molecule has 0 aliphatic carbocycles. The predicted molar refractivity (Wildman–Crippen MR) is 112 cm³/mol. The van der Waals surface area contributed by atoms with Crippen molar-refractivity contribution in [1.82, 2.24) is 5.32 Å². The number of benzene rings is 2. The molecule has 2 aromatic carbocycles. The first-order valence-corrected chi connectivity index (χ1v) is 9.14. The zero-order valence-electron chi connectivity index (χ0n) is 16.5. The van der Waals surface area contributed by atoms with Gasteiger partial charge in [0.15, 0.2) is 0 Å². The highest BCUT2D eigenvalue weighted by atomic mass is 16.2. The zero-order valence-corrected chi connectivity index (χ0v) is 16.5. The minimum absolute atomic E-state index is 0.0372. The summed E-state index contributed by atoms with van der Waals surface area (Å²) < 4.78 is 0. The fourth-order valence-corrected chi connectivity index (χ4v) is 2.26. The van der Waals surface area contributed by atoms with Crippen molar-refractivity contribution in [2.75, 3.05) is 16.0 Å². The predicted octanol–water partition coefficient (Wildman–Crippen LogP) is 4.06. The number of hydrogen-bond donors (Lipinski definition) is 4. The van der Waals surface area contributed by atoms with Crippen molar-refractivity contribution in [3.8, 4) is 0 Å². The van der Waals surface area contributed by atoms with E-state index in [0.29, 0.717) is 22.6 Å². The number of amides is 4. The minimum Gasteiger partial charge on any atom is -0.336 e. The van der Waals surface area contributed by atoms with Crippen molar-refractivity contribution in [3.05, 3.63) is 54.1 Å². The van der Waals surface area contributed by atoms with Crippen molar-refractivity contribution in [3.63, 3.8) is 0 Å². The monoisotopic (exact) mass is 382 g/mol. The largest absolute Gasteiger partial charge is 0.336 e. The normalized spacial score (nSPS) is 10.5. The summed E-state index contributed by atoms with van der Waals surface area (Å²) in [6, 6.07) is 13.3. The summed E-state index contributed by atoms with van der Waals surface area (Å²) >= 11 is 0. The SMILES string of the molecule is CC(C)NC(=O)Nc1ccc(C(=O)Nc2ccc(NC(=O)C(C)C)cc2)cc1. The molecule has 0 saturated carbocycles. The van der Waals surface area contributed by atoms with Gasteiger partial charge in [-0.2, -0.15) is 0 Å². The van der Waals surface area contributed by atoms with Crippen LogP contribution < -0.4 is 21.3 Å². The molecule has 0 heterocycles. The number of rotatable bonds is 6. The Bertz CT molecular complexity index is 828. The summed E-state index contributed by atoms with van der Waals surface area (Å²) in [4.78, 5) is 35.7. The van der Waals surface area contributed by atoms with Gasteiger partial charge in [-0.1, -0.05) is 13.8 Å². The summed E-state index contributed by atoms with van der Waals surface area (Å²) in [6.07, 6.45) is 0. The highest BCUT2D eigenvalue weighted by Crippen LogP contribution is 2.16. The van der Waals surface area contributed by atoms with Gasteiger partial charge in [0.2, 0.25) is 5.91 Å². The lowest BCUT2D eigenvalue weighted by Gasteiger charge is -2.11. The molecule has 148 valence electrons. The van der Waals surface area contributed by atoms with Crippen molar-refractivity contribution in [2.45, 2.75) is 33.7 Å². The number of urea groups is 1. The van der Waals surface area contributed by atoms with Crippen LogP contribution in [0.5, 0.6) is 0 Å². The van der Waals surface area contributed by atoms with Crippen LogP contribution in [0, 0.1) is 5.92 Å². The van der Waals surface area contributed by atoms with E-state index in [-0.39, 0.29) is 29.8 Å². The maximum atomic E-state index is 12.4. The molecular weight excluding hydrogens is 356 g/mol. The van der Waals surface area contributed by atoms with Crippen molar-refractivity contribution in [1.29, 1.82) is 0 Å². The Morgan fingerprint density at radius 1 is 0.679 bits per heavy atom. The molecule has 0 aliphatic heterocycles. The maximum absolute atomic E-state index is 12.4. The highest BCUT2D eigenvalue weighted by Gasteiger charge is 2.09. The third kappa shape index (κ3) is 6.42. The van der Waals surface area contributed by atoms with E-state index in [2.05, 4.69) is 21.3 Å². The first-order chi connectivity index (χ1) is 13.2. The second kappa shape index (κ2) is 9.55. The second-order valence-electron chi connectivity index (χ2n) is 7.01. The molecular formula is C21H26N4O3. The molecule has 4 amide bonds. The van der Waals surface area contributed by atoms with E-state index in [9.17, 15) is 14.4 Å². The summed E-state index contributed by atoms with van der Waals surface area (Å²) in [5.41, 5.74) is 2.35. The first-order valence-electron chi connectivity index (χ1n) is 9.14. The molecule has 0 saturated heterocycles. The average molecular weight is 382 g/mol. The van der Waals surface area contributed by atoms with E-state index in [1.807, 2.05) is 27.7 Å². The van der Waals surface area contributed by atoms with Crippen LogP contribution in [0.2, 0.25) is 0 Å². The lowest BCUT2D eigenvalue weighted by Crippen LogP contribution is -2.34. The topological polar surface area (TPSA) is 99.3 Å². The summed E-state index contributed by atoms with van der Waals surface area (Å²) in [5, 5.41) is 11.0. The van der Waals surface area contributed by atoms with Crippen LogP contribution in [-0.2, 0) is 4.79 Å². The number of hydrogen-bond acceptors (Lipinski definition) is 3. The van der Waals surface area contributed by atoms with Crippen LogP contribution in [0.3, 0.4) is 0 Å². The van der Waals surface area contributed by atoms with Crippen LogP contribution in [-0.4, -0.2) is 23.9 Å². The molecule has 2 rings (SSSR count). The molecule has 0 aromatic heterocycles. The Balaban J connectivity index is 1.93. The molecule has 0 bridgehead atoms. The van der Waals surface area contributed by atoms with Gasteiger partial charge in [-0.3, -0.25) is 9.59 Å². The number of carbonyl (C=O) groups excluding carboxylic acids is 3. The smallest absolute Gasteiger partial charge is 0.319 e. The number of anilines is 3. The molecule has 0 aliphatic rings. The van der Waals surface area contributed by atoms with E-state index >= 15 is 0 Å². The van der Waals surface area contributed by atoms with E-state index < -0.39 is 0 Å². The lowest BCUT2D eigenvalue weighted by molar-refractivity contribution is -0.118. The van der Waals surface area contributed by atoms with E-state index in [1.54, 1.807) is 48.5 Å². The van der Waals surface area contributed by atoms with Gasteiger partial charge < -0.3 is 21.3 Å². The third-order valence-corrected chi connectivity index (χ3v) is 3.76. The van der Waals surface area contributed by atoms with Gasteiger partial charge in [0.1, 0.15) is 0 Å². The van der Waals surface area contributed by atoms with E-state index in [0.717, 1.165) is 0 Å². The Morgan fingerprint density at radius 3 is 1.64 bits per heavy atom. The molecule has 7 heteroatoms. The quantitative estimate of drug-likeness (QED) is 0.606. The van der Waals surface area contributed by atoms with Gasteiger partial charge in [-0.05, 0) is 62.4 Å². The van der Waals surface area contributed by atoms with Crippen LogP contribution in [0.25, 0.3) is 0 Å². The molecule has 0 unspecified atom stereocenters. The van der Waals surface area contributed by atoms with Crippen LogP contribution in [0.15, 0.2) is 48.5 Å². The molecule has 7 nitrogen and oxygen atoms in total. The van der Waals surface area contributed by atoms with Gasteiger partial charge in [0, 0.05) is 34.6 Å². The molecule has 0 atom stereocenters. The van der Waals surface area contributed by atoms with Crippen LogP contribution >= 0.6 is 0 Å². The van der Waals surface area contributed by atoms with Crippen molar-refractivity contribution < 1.29 is 14.4 Å². The molecule has 4 N–H and O–H groups in total. The number of nitrogens with one attached hydrogen (secondary N) is 4. The molecule has 2 aromatic rings. The summed E-state index contributed by atoms with van der Waals surface area (Å²) in [6.45, 7) is 7.39. The first kappa shape index (κ1) is 21.0. The Morgan fingerprint density at radius 2 is 1.14 bits per heavy atom. The van der Waals surface area contributed by atoms with Gasteiger partial charge >= 0.3 is 6.03 Å². The molecule has 0 spiro atoms. The van der Waals surface area contributed by atoms with Gasteiger partial charge in [0.25, 0.3) is 5.91 Å². The second-order valence-corrected chi connectivity index (χ2v) is 7.01. The Kier molecular flexibility index (Phi) is 7.14. The van der Waals surface area contributed by atoms with Crippen LogP contribution in [0.1, 0.15) is 38.1 Å². The van der Waals surface area contributed by atoms with Crippen molar-refractivity contribution >= 4 is 34.9 Å². The number of carbonyl (C=O) groups is 3. The third-order valence-electron chi connectivity index (χ3n) is 3.76. The molecule has 0 radical (unpaired) electrons. The lowest BCUT2D eigenvalue weighted by atomic mass is 10.1. The summed E-state index contributed by atoms with van der Waals surface area (Å²) in [7, 11) is 0. The molecule has 0 fully saturated rings. The van der Waals surface area contributed by atoms with E-state index in [4.69, 9.17) is 0 Å². The average Bonchev–Trinajstić information content (AvgIpc) is 2.63. The standard InChI is InChI=1S/C21H26N4O3/c1-13(2)19(26)23-16-9-11-17(12-10-16)24-20(27)15-5-7-18(8-6-15)25-21(28)22-14(3)4/h5-14H,1-4H3,(H,23,26)(H,24,27)(H2,22,25,28). The molecule has 28 heavy (non-hydrogen) atoms. The van der Waals surface area contributed by atoms with Crippen LogP contribution in [0.4, 0.5) is 21.9 Å².